The van der Waals surface area contributed by atoms with Gasteiger partial charge >= 0.3 is 5.97 Å². The number of hydrogen-bond donors (Lipinski definition) is 0. The van der Waals surface area contributed by atoms with Crippen molar-refractivity contribution in [3.05, 3.63) is 64.5 Å². The van der Waals surface area contributed by atoms with E-state index in [0.29, 0.717) is 5.02 Å². The minimum atomic E-state index is -0.281. The van der Waals surface area contributed by atoms with Crippen LogP contribution in [0.3, 0.4) is 0 Å². The summed E-state index contributed by atoms with van der Waals surface area (Å²) in [4.78, 5) is 17.3. The number of methoxy groups -OCH3 is 1. The van der Waals surface area contributed by atoms with Crippen LogP contribution in [0.5, 0.6) is 0 Å². The van der Waals surface area contributed by atoms with E-state index in [9.17, 15) is 4.79 Å². The highest BCUT2D eigenvalue weighted by molar-refractivity contribution is 7.15. The largest absolute Gasteiger partial charge is 0.469 e. The first-order chi connectivity index (χ1) is 11.2. The number of halogens is 1. The van der Waals surface area contributed by atoms with Gasteiger partial charge in [-0.3, -0.25) is 4.79 Å². The monoisotopic (exact) mass is 343 g/mol. The predicted molar refractivity (Wildman–Crippen MR) is 93.7 cm³/mol. The average Bonchev–Trinajstić information content (AvgIpc) is 2.99. The summed E-state index contributed by atoms with van der Waals surface area (Å²) >= 11 is 7.74. The van der Waals surface area contributed by atoms with Gasteiger partial charge < -0.3 is 4.74 Å². The maximum absolute atomic E-state index is 11.7. The fourth-order valence-corrected chi connectivity index (χ4v) is 3.64. The van der Waals surface area contributed by atoms with Crippen LogP contribution in [0.15, 0.2) is 54.6 Å². The number of esters is 1. The van der Waals surface area contributed by atoms with Crippen LogP contribution in [0.4, 0.5) is 0 Å². The molecule has 0 aliphatic carbocycles. The van der Waals surface area contributed by atoms with Crippen molar-refractivity contribution in [2.45, 2.75) is 6.42 Å². The van der Waals surface area contributed by atoms with Gasteiger partial charge in [-0.25, -0.2) is 4.98 Å². The Morgan fingerprint density at radius 3 is 2.52 bits per heavy atom. The van der Waals surface area contributed by atoms with Crippen molar-refractivity contribution >= 4 is 28.9 Å². The smallest absolute Gasteiger partial charge is 0.310 e. The molecule has 0 spiro atoms. The Morgan fingerprint density at radius 2 is 1.83 bits per heavy atom. The SMILES string of the molecule is COC(=O)Cc1sc(-c2ccccc2Cl)nc1-c1ccccc1. The number of rotatable bonds is 4. The Hall–Kier alpha value is -2.17. The molecule has 5 heteroatoms. The van der Waals surface area contributed by atoms with Gasteiger partial charge in [-0.15, -0.1) is 11.3 Å². The Balaban J connectivity index is 2.10. The number of thiazole rings is 1. The van der Waals surface area contributed by atoms with Gasteiger partial charge in [-0.1, -0.05) is 60.1 Å². The molecule has 0 radical (unpaired) electrons. The lowest BCUT2D eigenvalue weighted by Crippen LogP contribution is -2.03. The molecule has 23 heavy (non-hydrogen) atoms. The maximum Gasteiger partial charge on any atom is 0.310 e. The molecule has 0 aliphatic rings. The van der Waals surface area contributed by atoms with E-state index in [4.69, 9.17) is 21.3 Å². The lowest BCUT2D eigenvalue weighted by atomic mass is 10.1. The molecule has 2 aromatic carbocycles. The molecule has 0 N–H and O–H groups in total. The third-order valence-electron chi connectivity index (χ3n) is 3.38. The minimum absolute atomic E-state index is 0.197. The standard InChI is InChI=1S/C18H14ClNO2S/c1-22-16(21)11-15-17(12-7-3-2-4-8-12)20-18(23-15)13-9-5-6-10-14(13)19/h2-10H,11H2,1H3. The van der Waals surface area contributed by atoms with Crippen LogP contribution in [-0.2, 0) is 16.0 Å². The highest BCUT2D eigenvalue weighted by Crippen LogP contribution is 2.37. The van der Waals surface area contributed by atoms with Crippen molar-refractivity contribution in [2.24, 2.45) is 0 Å². The second-order valence-corrected chi connectivity index (χ2v) is 6.38. The first-order valence-electron chi connectivity index (χ1n) is 7.06. The molecule has 0 bridgehead atoms. The lowest BCUT2D eigenvalue weighted by Gasteiger charge is -2.01. The number of benzene rings is 2. The number of ether oxygens (including phenoxy) is 1. The van der Waals surface area contributed by atoms with Crippen molar-refractivity contribution in [3.63, 3.8) is 0 Å². The third kappa shape index (κ3) is 3.44. The van der Waals surface area contributed by atoms with E-state index in [1.165, 1.54) is 18.4 Å². The van der Waals surface area contributed by atoms with Crippen LogP contribution in [0, 0.1) is 0 Å². The number of carbonyl (C=O) groups is 1. The Kier molecular flexibility index (Phi) is 4.74. The molecule has 0 saturated heterocycles. The van der Waals surface area contributed by atoms with Gasteiger partial charge in [0.2, 0.25) is 0 Å². The van der Waals surface area contributed by atoms with E-state index in [0.717, 1.165) is 26.7 Å². The van der Waals surface area contributed by atoms with Crippen LogP contribution in [-0.4, -0.2) is 18.1 Å². The summed E-state index contributed by atoms with van der Waals surface area (Å²) in [6.07, 6.45) is 0.197. The zero-order valence-electron chi connectivity index (χ0n) is 12.5. The Labute approximate surface area is 143 Å². The van der Waals surface area contributed by atoms with Gasteiger partial charge in [0.1, 0.15) is 5.01 Å². The average molecular weight is 344 g/mol. The van der Waals surface area contributed by atoms with E-state index < -0.39 is 0 Å². The molecule has 0 unspecified atom stereocenters. The van der Waals surface area contributed by atoms with Gasteiger partial charge in [-0.2, -0.15) is 0 Å². The zero-order chi connectivity index (χ0) is 16.2. The van der Waals surface area contributed by atoms with E-state index in [2.05, 4.69) is 0 Å². The number of carbonyl (C=O) groups excluding carboxylic acids is 1. The Morgan fingerprint density at radius 1 is 1.13 bits per heavy atom. The molecular weight excluding hydrogens is 330 g/mol. The minimum Gasteiger partial charge on any atom is -0.469 e. The van der Waals surface area contributed by atoms with Crippen LogP contribution in [0.2, 0.25) is 5.02 Å². The van der Waals surface area contributed by atoms with Gasteiger partial charge in [0.15, 0.2) is 0 Å². The molecule has 116 valence electrons. The summed E-state index contributed by atoms with van der Waals surface area (Å²) < 4.78 is 4.80. The highest BCUT2D eigenvalue weighted by atomic mass is 35.5. The number of aromatic nitrogens is 1. The number of nitrogens with zero attached hydrogens (tertiary/aromatic N) is 1. The van der Waals surface area contributed by atoms with Crippen molar-refractivity contribution in [3.8, 4) is 21.8 Å². The van der Waals surface area contributed by atoms with Crippen LogP contribution in [0.25, 0.3) is 21.8 Å². The quantitative estimate of drug-likeness (QED) is 0.636. The summed E-state index contributed by atoms with van der Waals surface area (Å²) in [5, 5.41) is 1.44. The van der Waals surface area contributed by atoms with E-state index in [1.807, 2.05) is 54.6 Å². The fourth-order valence-electron chi connectivity index (χ4n) is 2.25. The van der Waals surface area contributed by atoms with Gasteiger partial charge in [0.25, 0.3) is 0 Å². The van der Waals surface area contributed by atoms with E-state index >= 15 is 0 Å². The second kappa shape index (κ2) is 6.94. The highest BCUT2D eigenvalue weighted by Gasteiger charge is 2.18. The summed E-state index contributed by atoms with van der Waals surface area (Å²) in [5.74, 6) is -0.281. The normalized spacial score (nSPS) is 10.5. The maximum atomic E-state index is 11.7. The molecular formula is C18H14ClNO2S. The summed E-state index contributed by atoms with van der Waals surface area (Å²) in [6.45, 7) is 0. The molecule has 3 rings (SSSR count). The van der Waals surface area contributed by atoms with Crippen LogP contribution >= 0.6 is 22.9 Å². The van der Waals surface area contributed by atoms with Crippen molar-refractivity contribution in [2.75, 3.05) is 7.11 Å². The first-order valence-corrected chi connectivity index (χ1v) is 8.25. The number of hydrogen-bond acceptors (Lipinski definition) is 4. The van der Waals surface area contributed by atoms with Crippen molar-refractivity contribution < 1.29 is 9.53 Å². The third-order valence-corrected chi connectivity index (χ3v) is 4.80. The van der Waals surface area contributed by atoms with Gasteiger partial charge in [0.05, 0.1) is 24.2 Å². The second-order valence-electron chi connectivity index (χ2n) is 4.89. The first kappa shape index (κ1) is 15.7. The molecule has 0 atom stereocenters. The molecule has 0 amide bonds. The summed E-state index contributed by atoms with van der Waals surface area (Å²) in [7, 11) is 1.39. The van der Waals surface area contributed by atoms with E-state index in [1.54, 1.807) is 0 Å². The van der Waals surface area contributed by atoms with Crippen LogP contribution < -0.4 is 0 Å². The zero-order valence-corrected chi connectivity index (χ0v) is 14.0. The summed E-state index contributed by atoms with van der Waals surface area (Å²) in [6, 6.07) is 17.4. The molecule has 1 aromatic heterocycles. The van der Waals surface area contributed by atoms with Crippen LogP contribution in [0.1, 0.15) is 4.88 Å². The molecule has 1 heterocycles. The molecule has 0 fully saturated rings. The van der Waals surface area contributed by atoms with Crippen molar-refractivity contribution in [1.82, 2.24) is 4.98 Å². The molecule has 0 aliphatic heterocycles. The van der Waals surface area contributed by atoms with E-state index in [-0.39, 0.29) is 12.4 Å². The van der Waals surface area contributed by atoms with Crippen molar-refractivity contribution in [1.29, 1.82) is 0 Å². The van der Waals surface area contributed by atoms with Gasteiger partial charge in [0, 0.05) is 16.0 Å². The molecule has 0 saturated carbocycles. The molecule has 3 aromatic rings. The summed E-state index contributed by atoms with van der Waals surface area (Å²) in [5.41, 5.74) is 2.64. The van der Waals surface area contributed by atoms with Gasteiger partial charge in [-0.05, 0) is 6.07 Å². The fraction of sp³-hybridized carbons (Fsp3) is 0.111. The molecule has 3 nitrogen and oxygen atoms in total. The topological polar surface area (TPSA) is 39.2 Å². The lowest BCUT2D eigenvalue weighted by molar-refractivity contribution is -0.139. The predicted octanol–water partition coefficient (Wildman–Crippen LogP) is 4.85. The Bertz CT molecular complexity index is 830.